The third-order valence-electron chi connectivity index (χ3n) is 2.49. The van der Waals surface area contributed by atoms with E-state index in [9.17, 15) is 19.7 Å². The minimum atomic E-state index is -0.782. The molecule has 7 heteroatoms. The van der Waals surface area contributed by atoms with Gasteiger partial charge in [-0.2, -0.15) is 0 Å². The molecule has 0 N–H and O–H groups in total. The number of hydrogen-bond acceptors (Lipinski definition) is 6. The lowest BCUT2D eigenvalue weighted by Gasteiger charge is -2.06. The van der Waals surface area contributed by atoms with E-state index in [2.05, 4.69) is 21.3 Å². The van der Waals surface area contributed by atoms with Crippen LogP contribution in [0.3, 0.4) is 0 Å². The van der Waals surface area contributed by atoms with Crippen LogP contribution in [-0.2, 0) is 14.3 Å². The molecule has 0 aliphatic rings. The summed E-state index contributed by atoms with van der Waals surface area (Å²) in [6, 6.07) is 2.28. The van der Waals surface area contributed by atoms with Crippen LogP contribution in [-0.4, -0.2) is 31.1 Å². The molecule has 0 aliphatic heterocycles. The zero-order valence-corrected chi connectivity index (χ0v) is 11.1. The zero-order chi connectivity index (χ0) is 15.3. The van der Waals surface area contributed by atoms with Crippen molar-refractivity contribution in [3.05, 3.63) is 38.9 Å². The van der Waals surface area contributed by atoms with Gasteiger partial charge >= 0.3 is 11.9 Å². The normalized spacial score (nSPS) is 9.15. The summed E-state index contributed by atoms with van der Waals surface area (Å²) in [5, 5.41) is 10.8. The molecular formula is C13H11NO6. The maximum atomic E-state index is 11.6. The molecule has 0 unspecified atom stereocenters. The van der Waals surface area contributed by atoms with E-state index >= 15 is 0 Å². The third-order valence-corrected chi connectivity index (χ3v) is 2.49. The van der Waals surface area contributed by atoms with Crippen molar-refractivity contribution >= 4 is 17.6 Å². The van der Waals surface area contributed by atoms with E-state index in [4.69, 9.17) is 0 Å². The summed E-state index contributed by atoms with van der Waals surface area (Å²) in [7, 11) is 2.33. The van der Waals surface area contributed by atoms with Crippen molar-refractivity contribution in [2.75, 3.05) is 14.2 Å². The van der Waals surface area contributed by atoms with E-state index < -0.39 is 16.9 Å². The Morgan fingerprint density at radius 1 is 1.25 bits per heavy atom. The molecule has 0 radical (unpaired) electrons. The van der Waals surface area contributed by atoms with Crippen LogP contribution in [0.25, 0.3) is 0 Å². The number of nitro benzene ring substituents is 1. The number of non-ortho nitro benzene ring substituents is 1. The number of esters is 2. The van der Waals surface area contributed by atoms with Crippen molar-refractivity contribution in [2.24, 2.45) is 0 Å². The summed E-state index contributed by atoms with van der Waals surface area (Å²) < 4.78 is 8.90. The molecule has 0 amide bonds. The Morgan fingerprint density at radius 3 is 2.40 bits per heavy atom. The Bertz CT molecular complexity index is 638. The van der Waals surface area contributed by atoms with E-state index in [1.54, 1.807) is 6.92 Å². The van der Waals surface area contributed by atoms with Gasteiger partial charge < -0.3 is 9.47 Å². The molecule has 0 heterocycles. The van der Waals surface area contributed by atoms with E-state index in [1.807, 2.05) is 0 Å². The second-order valence-corrected chi connectivity index (χ2v) is 3.66. The Labute approximate surface area is 114 Å². The standard InChI is InChI=1S/C13H11NO6/c1-8-9(4-5-12(15)19-2)6-10(14(17)18)7-11(8)13(16)20-3/h6-7H,1-3H3. The van der Waals surface area contributed by atoms with Crippen molar-refractivity contribution in [3.8, 4) is 11.8 Å². The lowest BCUT2D eigenvalue weighted by Crippen LogP contribution is -2.06. The highest BCUT2D eigenvalue weighted by Gasteiger charge is 2.18. The van der Waals surface area contributed by atoms with E-state index in [0.29, 0.717) is 5.56 Å². The van der Waals surface area contributed by atoms with Gasteiger partial charge in [0.05, 0.1) is 24.7 Å². The summed E-state index contributed by atoms with van der Waals surface area (Å²) >= 11 is 0. The fourth-order valence-corrected chi connectivity index (χ4v) is 1.43. The van der Waals surface area contributed by atoms with Gasteiger partial charge in [0.1, 0.15) is 0 Å². The first-order valence-corrected chi connectivity index (χ1v) is 5.38. The van der Waals surface area contributed by atoms with Crippen LogP contribution in [0.4, 0.5) is 5.69 Å². The second-order valence-electron chi connectivity index (χ2n) is 3.66. The van der Waals surface area contributed by atoms with Gasteiger partial charge in [0.15, 0.2) is 0 Å². The number of carbonyl (C=O) groups is 2. The second kappa shape index (κ2) is 6.33. The molecule has 0 aliphatic carbocycles. The fraction of sp³-hybridized carbons (Fsp3) is 0.231. The van der Waals surface area contributed by atoms with Crippen molar-refractivity contribution in [1.29, 1.82) is 0 Å². The topological polar surface area (TPSA) is 95.7 Å². The Kier molecular flexibility index (Phi) is 4.81. The van der Waals surface area contributed by atoms with Crippen molar-refractivity contribution in [2.45, 2.75) is 6.92 Å². The van der Waals surface area contributed by atoms with Crippen LogP contribution in [0.5, 0.6) is 0 Å². The predicted molar refractivity (Wildman–Crippen MR) is 68.1 cm³/mol. The molecule has 0 fully saturated rings. The zero-order valence-electron chi connectivity index (χ0n) is 11.1. The Hall–Kier alpha value is -2.88. The van der Waals surface area contributed by atoms with Gasteiger partial charge in [0.2, 0.25) is 0 Å². The number of methoxy groups -OCH3 is 2. The summed E-state index contributed by atoms with van der Waals surface area (Å²) in [5.41, 5.74) is 0.282. The number of carbonyl (C=O) groups excluding carboxylic acids is 2. The van der Waals surface area contributed by atoms with Crippen LogP contribution in [0.1, 0.15) is 21.5 Å². The van der Waals surface area contributed by atoms with Crippen molar-refractivity contribution < 1.29 is 24.0 Å². The SMILES string of the molecule is COC(=O)C#Cc1cc([N+](=O)[O-])cc(C(=O)OC)c1C. The van der Waals surface area contributed by atoms with Crippen molar-refractivity contribution in [3.63, 3.8) is 0 Å². The number of hydrogen-bond donors (Lipinski definition) is 0. The maximum Gasteiger partial charge on any atom is 0.384 e. The molecule has 0 bridgehead atoms. The average molecular weight is 277 g/mol. The predicted octanol–water partition coefficient (Wildman–Crippen LogP) is 1.21. The third kappa shape index (κ3) is 3.32. The number of nitrogens with zero attached hydrogens (tertiary/aromatic N) is 1. The molecule has 1 aromatic rings. The smallest absolute Gasteiger partial charge is 0.384 e. The molecule has 1 aromatic carbocycles. The van der Waals surface area contributed by atoms with Gasteiger partial charge in [0, 0.05) is 23.6 Å². The van der Waals surface area contributed by atoms with E-state index in [1.165, 1.54) is 13.2 Å². The Balaban J connectivity index is 3.45. The van der Waals surface area contributed by atoms with E-state index in [0.717, 1.165) is 13.2 Å². The monoisotopic (exact) mass is 277 g/mol. The van der Waals surface area contributed by atoms with E-state index in [-0.39, 0.29) is 16.8 Å². The number of rotatable bonds is 2. The largest absolute Gasteiger partial charge is 0.465 e. The minimum absolute atomic E-state index is 0.0239. The van der Waals surface area contributed by atoms with Gasteiger partial charge in [-0.15, -0.1) is 0 Å². The summed E-state index contributed by atoms with van der Waals surface area (Å²) in [5.74, 6) is 3.10. The van der Waals surface area contributed by atoms with Gasteiger partial charge in [-0.1, -0.05) is 5.92 Å². The minimum Gasteiger partial charge on any atom is -0.465 e. The molecule has 0 aromatic heterocycles. The molecular weight excluding hydrogens is 266 g/mol. The summed E-state index contributed by atoms with van der Waals surface area (Å²) in [4.78, 5) is 32.7. The molecule has 7 nitrogen and oxygen atoms in total. The lowest BCUT2D eigenvalue weighted by molar-refractivity contribution is -0.384. The Morgan fingerprint density at radius 2 is 1.90 bits per heavy atom. The van der Waals surface area contributed by atoms with Crippen molar-refractivity contribution in [1.82, 2.24) is 0 Å². The molecule has 0 atom stereocenters. The van der Waals surface area contributed by atoms with Crippen LogP contribution in [0, 0.1) is 28.9 Å². The molecule has 104 valence electrons. The van der Waals surface area contributed by atoms with Gasteiger partial charge in [-0.05, 0) is 12.5 Å². The fourth-order valence-electron chi connectivity index (χ4n) is 1.43. The average Bonchev–Trinajstić information content (AvgIpc) is 2.44. The molecule has 0 saturated heterocycles. The highest BCUT2D eigenvalue weighted by Crippen LogP contribution is 2.22. The molecule has 20 heavy (non-hydrogen) atoms. The van der Waals surface area contributed by atoms with Crippen LogP contribution >= 0.6 is 0 Å². The van der Waals surface area contributed by atoms with Gasteiger partial charge in [0.25, 0.3) is 5.69 Å². The molecule has 1 rings (SSSR count). The summed E-state index contributed by atoms with van der Waals surface area (Å²) in [6.45, 7) is 1.55. The number of benzene rings is 1. The van der Waals surface area contributed by atoms with Gasteiger partial charge in [-0.3, -0.25) is 10.1 Å². The first-order valence-electron chi connectivity index (χ1n) is 5.38. The van der Waals surface area contributed by atoms with Gasteiger partial charge in [-0.25, -0.2) is 9.59 Å². The van der Waals surface area contributed by atoms with Crippen LogP contribution in [0.15, 0.2) is 12.1 Å². The van der Waals surface area contributed by atoms with Crippen LogP contribution in [0.2, 0.25) is 0 Å². The lowest BCUT2D eigenvalue weighted by atomic mass is 10.0. The highest BCUT2D eigenvalue weighted by atomic mass is 16.6. The summed E-state index contributed by atoms with van der Waals surface area (Å²) in [6.07, 6.45) is 0. The molecule has 0 spiro atoms. The molecule has 0 saturated carbocycles. The first-order chi connectivity index (χ1) is 9.40. The number of ether oxygens (including phenoxy) is 2. The quantitative estimate of drug-likeness (QED) is 0.349. The number of nitro groups is 1. The maximum absolute atomic E-state index is 11.6. The highest BCUT2D eigenvalue weighted by molar-refractivity contribution is 5.93. The first kappa shape index (κ1) is 15.2. The van der Waals surface area contributed by atoms with Crippen LogP contribution < -0.4 is 0 Å².